The van der Waals surface area contributed by atoms with Crippen LogP contribution in [0.3, 0.4) is 0 Å². The summed E-state index contributed by atoms with van der Waals surface area (Å²) in [7, 11) is 1.88. The third kappa shape index (κ3) is 3.69. The molecule has 1 spiro atoms. The first kappa shape index (κ1) is 21.3. The third-order valence-electron chi connectivity index (χ3n) is 6.51. The molecule has 11 heteroatoms. The fourth-order valence-electron chi connectivity index (χ4n) is 4.80. The fraction of sp³-hybridized carbons (Fsp3) is 0.409. The second-order valence-electron chi connectivity index (χ2n) is 8.60. The lowest BCUT2D eigenvalue weighted by Gasteiger charge is -2.42. The molecule has 0 aromatic carbocycles. The maximum atomic E-state index is 13.6. The first-order chi connectivity index (χ1) is 15.7. The van der Waals surface area contributed by atoms with E-state index in [-0.39, 0.29) is 28.3 Å². The molecule has 1 saturated carbocycles. The maximum Gasteiger partial charge on any atom is 0.433 e. The molecule has 170 valence electrons. The van der Waals surface area contributed by atoms with Gasteiger partial charge in [-0.05, 0) is 43.9 Å². The van der Waals surface area contributed by atoms with Gasteiger partial charge in [0.2, 0.25) is 5.95 Å². The lowest BCUT2D eigenvalue weighted by molar-refractivity contribution is -0.141. The van der Waals surface area contributed by atoms with E-state index in [0.29, 0.717) is 18.7 Å². The number of aromatic nitrogens is 5. The molecule has 2 fully saturated rings. The van der Waals surface area contributed by atoms with Gasteiger partial charge in [-0.25, -0.2) is 9.97 Å². The molecule has 7 nitrogen and oxygen atoms in total. The molecule has 0 amide bonds. The second kappa shape index (κ2) is 7.50. The number of pyridine rings is 2. The van der Waals surface area contributed by atoms with Gasteiger partial charge in [-0.3, -0.25) is 0 Å². The van der Waals surface area contributed by atoms with Gasteiger partial charge in [-0.1, -0.05) is 0 Å². The molecule has 4 heterocycles. The summed E-state index contributed by atoms with van der Waals surface area (Å²) in [5.41, 5.74) is -1.03. The van der Waals surface area contributed by atoms with Crippen LogP contribution in [0.1, 0.15) is 48.7 Å². The van der Waals surface area contributed by atoms with Gasteiger partial charge in [0.05, 0.1) is 16.9 Å². The molecular formula is C22H19F4N7. The van der Waals surface area contributed by atoms with Crippen LogP contribution in [0, 0.1) is 17.3 Å². The molecule has 1 atom stereocenters. The van der Waals surface area contributed by atoms with E-state index in [2.05, 4.69) is 20.2 Å². The standard InChI is InChI=1S/C22H19F4N7/c1-32-12-29-31-20(32)13-4-7-33(21(9-13)5-6-21)19-15(10-27)8-16(22(24,25)26)30-18(19)14-2-3-17(23)28-11-14/h2-3,8,11-13H,4-7,9H2,1H3. The summed E-state index contributed by atoms with van der Waals surface area (Å²) in [5, 5.41) is 18.0. The smallest absolute Gasteiger partial charge is 0.363 e. The third-order valence-corrected chi connectivity index (χ3v) is 6.51. The molecule has 1 aliphatic carbocycles. The summed E-state index contributed by atoms with van der Waals surface area (Å²) in [6, 6.07) is 5.13. The number of hydrogen-bond donors (Lipinski definition) is 0. The van der Waals surface area contributed by atoms with Gasteiger partial charge < -0.3 is 9.47 Å². The highest BCUT2D eigenvalue weighted by Gasteiger charge is 2.53. The van der Waals surface area contributed by atoms with Crippen molar-refractivity contribution in [1.82, 2.24) is 24.7 Å². The van der Waals surface area contributed by atoms with Crippen LogP contribution in [0.15, 0.2) is 30.7 Å². The average molecular weight is 457 g/mol. The van der Waals surface area contributed by atoms with Crippen molar-refractivity contribution >= 4 is 5.69 Å². The van der Waals surface area contributed by atoms with E-state index in [1.54, 1.807) is 6.33 Å². The number of hydrogen-bond acceptors (Lipinski definition) is 6. The number of nitrogens with zero attached hydrogens (tertiary/aromatic N) is 7. The van der Waals surface area contributed by atoms with Crippen molar-refractivity contribution < 1.29 is 17.6 Å². The minimum atomic E-state index is -4.73. The summed E-state index contributed by atoms with van der Waals surface area (Å²) >= 11 is 0. The summed E-state index contributed by atoms with van der Waals surface area (Å²) in [4.78, 5) is 9.50. The zero-order chi connectivity index (χ0) is 23.4. The van der Waals surface area contributed by atoms with Gasteiger partial charge in [-0.15, -0.1) is 10.2 Å². The molecule has 3 aromatic rings. The van der Waals surface area contributed by atoms with Gasteiger partial charge >= 0.3 is 6.18 Å². The van der Waals surface area contributed by atoms with Gasteiger partial charge in [0, 0.05) is 36.8 Å². The highest BCUT2D eigenvalue weighted by atomic mass is 19.4. The fourth-order valence-corrected chi connectivity index (χ4v) is 4.80. The van der Waals surface area contributed by atoms with Gasteiger partial charge in [0.25, 0.3) is 0 Å². The highest BCUT2D eigenvalue weighted by Crippen LogP contribution is 2.55. The van der Waals surface area contributed by atoms with Gasteiger partial charge in [-0.2, -0.15) is 22.8 Å². The Morgan fingerprint density at radius 1 is 1.24 bits per heavy atom. The number of piperidine rings is 1. The topological polar surface area (TPSA) is 83.5 Å². The van der Waals surface area contributed by atoms with Crippen LogP contribution >= 0.6 is 0 Å². The number of rotatable bonds is 3. The largest absolute Gasteiger partial charge is 0.433 e. The summed E-state index contributed by atoms with van der Waals surface area (Å²) in [6.07, 6.45) is 1.18. The summed E-state index contributed by atoms with van der Waals surface area (Å²) in [6.45, 7) is 0.515. The first-order valence-corrected chi connectivity index (χ1v) is 10.5. The van der Waals surface area contributed by atoms with Crippen molar-refractivity contribution in [3.05, 3.63) is 53.8 Å². The molecule has 33 heavy (non-hydrogen) atoms. The second-order valence-corrected chi connectivity index (χ2v) is 8.60. The highest BCUT2D eigenvalue weighted by molar-refractivity contribution is 5.81. The monoisotopic (exact) mass is 457 g/mol. The number of alkyl halides is 3. The molecule has 0 radical (unpaired) electrons. The number of aryl methyl sites for hydroxylation is 1. The normalized spacial score (nSPS) is 19.5. The van der Waals surface area contributed by atoms with E-state index in [9.17, 15) is 22.8 Å². The lowest BCUT2D eigenvalue weighted by Crippen LogP contribution is -2.45. The van der Waals surface area contributed by atoms with Gasteiger partial charge in [0.1, 0.15) is 23.9 Å². The van der Waals surface area contributed by atoms with E-state index < -0.39 is 17.8 Å². The van der Waals surface area contributed by atoms with E-state index in [4.69, 9.17) is 0 Å². The van der Waals surface area contributed by atoms with Crippen LogP contribution in [0.4, 0.5) is 23.2 Å². The van der Waals surface area contributed by atoms with Crippen molar-refractivity contribution in [3.63, 3.8) is 0 Å². The maximum absolute atomic E-state index is 13.6. The molecule has 5 rings (SSSR count). The lowest BCUT2D eigenvalue weighted by atomic mass is 9.87. The number of anilines is 1. The minimum absolute atomic E-state index is 0.0164. The molecule has 0 bridgehead atoms. The Balaban J connectivity index is 1.63. The molecule has 2 aliphatic rings. The number of halogens is 4. The van der Waals surface area contributed by atoms with Gasteiger partial charge in [0.15, 0.2) is 0 Å². The predicted molar refractivity (Wildman–Crippen MR) is 109 cm³/mol. The predicted octanol–water partition coefficient (Wildman–Crippen LogP) is 4.22. The van der Waals surface area contributed by atoms with Crippen molar-refractivity contribution in [2.45, 2.75) is 43.3 Å². The Morgan fingerprint density at radius 2 is 2.03 bits per heavy atom. The minimum Gasteiger partial charge on any atom is -0.363 e. The molecule has 1 saturated heterocycles. The van der Waals surface area contributed by atoms with Crippen molar-refractivity contribution in [2.75, 3.05) is 11.4 Å². The Labute approximate surface area is 186 Å². The van der Waals surface area contributed by atoms with E-state index >= 15 is 0 Å². The molecule has 1 aliphatic heterocycles. The van der Waals surface area contributed by atoms with Crippen molar-refractivity contribution in [1.29, 1.82) is 5.26 Å². The molecule has 3 aromatic heterocycles. The van der Waals surface area contributed by atoms with Crippen LogP contribution in [0.5, 0.6) is 0 Å². The SMILES string of the molecule is Cn1cnnc1C1CCN(c2c(C#N)cc(C(F)(F)F)nc2-c2ccc(F)nc2)C2(CC2)C1. The Kier molecular flexibility index (Phi) is 4.84. The van der Waals surface area contributed by atoms with Crippen LogP contribution in [0.25, 0.3) is 11.3 Å². The zero-order valence-electron chi connectivity index (χ0n) is 17.6. The molecule has 0 N–H and O–H groups in total. The first-order valence-electron chi connectivity index (χ1n) is 10.5. The Hall–Kier alpha value is -3.55. The van der Waals surface area contributed by atoms with E-state index in [0.717, 1.165) is 43.4 Å². The quantitative estimate of drug-likeness (QED) is 0.433. The Bertz CT molecular complexity index is 1240. The van der Waals surface area contributed by atoms with Crippen molar-refractivity contribution in [2.24, 2.45) is 7.05 Å². The number of nitriles is 1. The van der Waals surface area contributed by atoms with Crippen molar-refractivity contribution in [3.8, 4) is 17.3 Å². The van der Waals surface area contributed by atoms with Crippen LogP contribution < -0.4 is 4.90 Å². The van der Waals surface area contributed by atoms with E-state index in [1.165, 1.54) is 6.07 Å². The molecule has 1 unspecified atom stereocenters. The van der Waals surface area contributed by atoms with E-state index in [1.807, 2.05) is 22.6 Å². The van der Waals surface area contributed by atoms with Crippen LogP contribution in [-0.4, -0.2) is 36.8 Å². The van der Waals surface area contributed by atoms with Crippen LogP contribution in [-0.2, 0) is 13.2 Å². The zero-order valence-corrected chi connectivity index (χ0v) is 17.6. The average Bonchev–Trinajstić information content (AvgIpc) is 3.41. The summed E-state index contributed by atoms with van der Waals surface area (Å²) in [5.74, 6) is 0.269. The Morgan fingerprint density at radius 3 is 2.61 bits per heavy atom. The molecular weight excluding hydrogens is 438 g/mol. The summed E-state index contributed by atoms with van der Waals surface area (Å²) < 4.78 is 56.0. The van der Waals surface area contributed by atoms with Crippen LogP contribution in [0.2, 0.25) is 0 Å².